The van der Waals surface area contributed by atoms with Crippen molar-refractivity contribution in [3.05, 3.63) is 77.6 Å². The van der Waals surface area contributed by atoms with Gasteiger partial charge in [0.1, 0.15) is 10.6 Å². The third-order valence-corrected chi connectivity index (χ3v) is 8.21. The van der Waals surface area contributed by atoms with Gasteiger partial charge in [-0.15, -0.1) is 0 Å². The number of nitrogens with one attached hydrogen (secondary N) is 1. The summed E-state index contributed by atoms with van der Waals surface area (Å²) in [5.74, 6) is -3.56. The van der Waals surface area contributed by atoms with E-state index >= 15 is 4.39 Å². The molecule has 38 heavy (non-hydrogen) atoms. The Morgan fingerprint density at radius 1 is 1.00 bits per heavy atom. The van der Waals surface area contributed by atoms with E-state index in [1.54, 1.807) is 24.3 Å². The third-order valence-electron chi connectivity index (χ3n) is 6.83. The lowest BCUT2D eigenvalue weighted by atomic mass is 9.78. The van der Waals surface area contributed by atoms with Crippen molar-refractivity contribution in [1.29, 1.82) is 0 Å². The molecule has 0 amide bonds. The van der Waals surface area contributed by atoms with E-state index < -0.39 is 38.8 Å². The van der Waals surface area contributed by atoms with Crippen LogP contribution < -0.4 is 9.46 Å². The Hall–Kier alpha value is -3.60. The van der Waals surface area contributed by atoms with E-state index in [1.807, 2.05) is 0 Å². The van der Waals surface area contributed by atoms with Crippen LogP contribution in [0.3, 0.4) is 0 Å². The monoisotopic (exact) mass is 551 g/mol. The van der Waals surface area contributed by atoms with Crippen LogP contribution in [0.5, 0.6) is 5.75 Å². The van der Waals surface area contributed by atoms with Crippen molar-refractivity contribution in [1.82, 2.24) is 0 Å². The number of anilines is 1. The number of carboxylic acid groups (broad SMARTS) is 1. The van der Waals surface area contributed by atoms with Crippen molar-refractivity contribution < 1.29 is 40.6 Å². The lowest BCUT2D eigenvalue weighted by Gasteiger charge is -2.30. The minimum atomic E-state index is -4.43. The highest BCUT2D eigenvalue weighted by molar-refractivity contribution is 7.92. The number of alkyl halides is 3. The number of hydrogen-bond donors (Lipinski definition) is 2. The molecule has 6 nitrogen and oxygen atoms in total. The van der Waals surface area contributed by atoms with Crippen LogP contribution in [0.25, 0.3) is 11.1 Å². The van der Waals surface area contributed by atoms with E-state index in [1.165, 1.54) is 31.4 Å². The van der Waals surface area contributed by atoms with Crippen LogP contribution >= 0.6 is 0 Å². The molecule has 0 aromatic heterocycles. The fourth-order valence-corrected chi connectivity index (χ4v) is 5.91. The molecule has 1 aliphatic rings. The van der Waals surface area contributed by atoms with E-state index in [0.717, 1.165) is 17.7 Å². The molecule has 0 heterocycles. The van der Waals surface area contributed by atoms with Crippen LogP contribution in [0.1, 0.15) is 47.5 Å². The van der Waals surface area contributed by atoms with Crippen LogP contribution in [0.15, 0.2) is 65.6 Å². The Kier molecular flexibility index (Phi) is 7.68. The van der Waals surface area contributed by atoms with Crippen molar-refractivity contribution in [2.24, 2.45) is 5.92 Å². The molecule has 4 rings (SSSR count). The molecule has 1 saturated carbocycles. The van der Waals surface area contributed by atoms with Crippen molar-refractivity contribution in [3.63, 3.8) is 0 Å². The smallest absolute Gasteiger partial charge is 0.391 e. The van der Waals surface area contributed by atoms with Crippen LogP contribution in [0.2, 0.25) is 0 Å². The van der Waals surface area contributed by atoms with Crippen LogP contribution in [-0.2, 0) is 10.0 Å². The van der Waals surface area contributed by atoms with E-state index in [9.17, 15) is 26.4 Å². The summed E-state index contributed by atoms with van der Waals surface area (Å²) in [6.45, 7) is 0. The first-order chi connectivity index (χ1) is 17.9. The molecule has 3 aromatic carbocycles. The maximum atomic E-state index is 15.5. The quantitative estimate of drug-likeness (QED) is 0.314. The second-order valence-corrected chi connectivity index (χ2v) is 10.8. The van der Waals surface area contributed by atoms with Crippen LogP contribution in [0, 0.1) is 11.7 Å². The first-order valence-corrected chi connectivity index (χ1v) is 13.3. The van der Waals surface area contributed by atoms with Crippen molar-refractivity contribution in [2.75, 3.05) is 11.8 Å². The molecular formula is C27H25F4NO5S. The molecule has 2 N–H and O–H groups in total. The summed E-state index contributed by atoms with van der Waals surface area (Å²) in [6.07, 6.45) is -3.22. The van der Waals surface area contributed by atoms with Gasteiger partial charge in [-0.1, -0.05) is 36.4 Å². The standard InChI is InChI=1S/C27H25F4NO5S/c1-37-23-15-19(26(33)34)11-14-22(23)32-38(35,36)24-4-2-3-21(25(24)28)18-7-5-16(6-8-18)17-9-12-20(13-10-17)27(29,30)31/h2-8,11,14-15,17,20,32H,9-10,12-13H2,1H3,(H,33,34). The SMILES string of the molecule is COc1cc(C(=O)O)ccc1NS(=O)(=O)c1cccc(-c2ccc(C3CCC(C(F)(F)F)CC3)cc2)c1F. The molecule has 0 spiro atoms. The number of carboxylic acids is 1. The first kappa shape index (κ1) is 27.4. The second-order valence-electron chi connectivity index (χ2n) is 9.16. The Balaban J connectivity index is 1.56. The first-order valence-electron chi connectivity index (χ1n) is 11.8. The zero-order valence-corrected chi connectivity index (χ0v) is 21.1. The summed E-state index contributed by atoms with van der Waals surface area (Å²) < 4.78 is 87.8. The number of hydrogen-bond acceptors (Lipinski definition) is 4. The van der Waals surface area contributed by atoms with Gasteiger partial charge in [0.25, 0.3) is 10.0 Å². The van der Waals surface area contributed by atoms with Crippen molar-refractivity contribution in [2.45, 2.75) is 42.7 Å². The molecular weight excluding hydrogens is 526 g/mol. The molecule has 0 aliphatic heterocycles. The van der Waals surface area contributed by atoms with Gasteiger partial charge in [0.2, 0.25) is 0 Å². The van der Waals surface area contributed by atoms with Gasteiger partial charge in [0, 0.05) is 5.56 Å². The zero-order chi connectivity index (χ0) is 27.7. The summed E-state index contributed by atoms with van der Waals surface area (Å²) in [5, 5.41) is 9.13. The van der Waals surface area contributed by atoms with Crippen molar-refractivity contribution in [3.8, 4) is 16.9 Å². The molecule has 0 unspecified atom stereocenters. The van der Waals surface area contributed by atoms with Gasteiger partial charge >= 0.3 is 12.1 Å². The number of halogens is 4. The Morgan fingerprint density at radius 2 is 1.66 bits per heavy atom. The van der Waals surface area contributed by atoms with Gasteiger partial charge in [-0.25, -0.2) is 17.6 Å². The summed E-state index contributed by atoms with van der Waals surface area (Å²) >= 11 is 0. The predicted molar refractivity (Wildman–Crippen MR) is 133 cm³/mol. The molecule has 0 bridgehead atoms. The van der Waals surface area contributed by atoms with Gasteiger partial charge < -0.3 is 9.84 Å². The van der Waals surface area contributed by atoms with Crippen molar-refractivity contribution >= 4 is 21.7 Å². The van der Waals surface area contributed by atoms with E-state index in [2.05, 4.69) is 4.72 Å². The maximum Gasteiger partial charge on any atom is 0.391 e. The molecule has 202 valence electrons. The molecule has 0 atom stereocenters. The van der Waals surface area contributed by atoms with E-state index in [0.29, 0.717) is 18.4 Å². The summed E-state index contributed by atoms with van der Waals surface area (Å²) in [6, 6.07) is 14.2. The van der Waals surface area contributed by atoms with Gasteiger partial charge in [-0.05, 0) is 67.0 Å². The average Bonchev–Trinajstić information content (AvgIpc) is 2.88. The van der Waals surface area contributed by atoms with Crippen LogP contribution in [0.4, 0.5) is 23.2 Å². The predicted octanol–water partition coefficient (Wildman–Crippen LogP) is 6.84. The van der Waals surface area contributed by atoms with Crippen LogP contribution in [-0.4, -0.2) is 32.8 Å². The Bertz CT molecular complexity index is 1430. The highest BCUT2D eigenvalue weighted by Crippen LogP contribution is 2.43. The van der Waals surface area contributed by atoms with E-state index in [4.69, 9.17) is 9.84 Å². The normalized spacial score (nSPS) is 18.1. The summed E-state index contributed by atoms with van der Waals surface area (Å²) in [5.41, 5.74) is 1.13. The number of methoxy groups -OCH3 is 1. The number of aromatic carboxylic acids is 1. The molecule has 1 aliphatic carbocycles. The molecule has 0 saturated heterocycles. The van der Waals surface area contributed by atoms with Gasteiger partial charge in [-0.3, -0.25) is 4.72 Å². The number of ether oxygens (including phenoxy) is 1. The lowest BCUT2D eigenvalue weighted by Crippen LogP contribution is -2.27. The maximum absolute atomic E-state index is 15.5. The second kappa shape index (κ2) is 10.6. The zero-order valence-electron chi connectivity index (χ0n) is 20.3. The van der Waals surface area contributed by atoms with Gasteiger partial charge in [0.15, 0.2) is 5.82 Å². The number of benzene rings is 3. The fourth-order valence-electron chi connectivity index (χ4n) is 4.74. The highest BCUT2D eigenvalue weighted by Gasteiger charge is 2.41. The highest BCUT2D eigenvalue weighted by atomic mass is 32.2. The Labute approximate surface area is 217 Å². The molecule has 11 heteroatoms. The topological polar surface area (TPSA) is 92.7 Å². The largest absolute Gasteiger partial charge is 0.495 e. The average molecular weight is 552 g/mol. The fraction of sp³-hybridized carbons (Fsp3) is 0.296. The number of sulfonamides is 1. The molecule has 1 fully saturated rings. The van der Waals surface area contributed by atoms with Gasteiger partial charge in [-0.2, -0.15) is 13.2 Å². The Morgan fingerprint density at radius 3 is 2.24 bits per heavy atom. The molecule has 0 radical (unpaired) electrons. The van der Waals surface area contributed by atoms with E-state index in [-0.39, 0.29) is 41.3 Å². The number of rotatable bonds is 7. The third kappa shape index (κ3) is 5.77. The summed E-state index contributed by atoms with van der Waals surface area (Å²) in [7, 11) is -3.19. The number of carbonyl (C=O) groups is 1. The minimum absolute atomic E-state index is 0.0223. The van der Waals surface area contributed by atoms with Gasteiger partial charge in [0.05, 0.1) is 24.3 Å². The summed E-state index contributed by atoms with van der Waals surface area (Å²) in [4.78, 5) is 10.6. The molecule has 3 aromatic rings. The minimum Gasteiger partial charge on any atom is -0.495 e. The lowest BCUT2D eigenvalue weighted by molar-refractivity contribution is -0.182.